The Morgan fingerprint density at radius 3 is 2.28 bits per heavy atom. The Morgan fingerprint density at radius 2 is 1.59 bits per heavy atom. The summed E-state index contributed by atoms with van der Waals surface area (Å²) in [5.41, 5.74) is 4.01. The Labute approximate surface area is 176 Å². The summed E-state index contributed by atoms with van der Waals surface area (Å²) in [6.45, 7) is 13.3. The quantitative estimate of drug-likeness (QED) is 0.706. The highest BCUT2D eigenvalue weighted by Crippen LogP contribution is 2.66. The fourth-order valence-electron chi connectivity index (χ4n) is 7.24. The lowest BCUT2D eigenvalue weighted by Gasteiger charge is -2.57. The standard InChI is InChI=1S/C25H37BO3/c1-22(2)23(3,4)29-26(28-22)17-7-8-18-16(15-17)11-13-24(5)19(18)12-14-25(6)20(24)9-10-21(25)27/h7-8,15,19-21,27H,9-14H2,1-6H3/t19-,20+,21+,24-,25+/m1/s1. The van der Waals surface area contributed by atoms with Gasteiger partial charge in [-0.15, -0.1) is 0 Å². The van der Waals surface area contributed by atoms with E-state index < -0.39 is 0 Å². The Bertz CT molecular complexity index is 817. The maximum absolute atomic E-state index is 10.7. The molecule has 0 radical (unpaired) electrons. The molecule has 1 heterocycles. The van der Waals surface area contributed by atoms with Gasteiger partial charge in [-0.25, -0.2) is 0 Å². The van der Waals surface area contributed by atoms with Crippen LogP contribution in [0.4, 0.5) is 0 Å². The van der Waals surface area contributed by atoms with Crippen LogP contribution < -0.4 is 5.46 Å². The molecule has 0 amide bonds. The minimum Gasteiger partial charge on any atom is -0.399 e. The number of fused-ring (bicyclic) bond motifs is 5. The van der Waals surface area contributed by atoms with Gasteiger partial charge in [0.15, 0.2) is 0 Å². The number of hydrogen-bond acceptors (Lipinski definition) is 3. The molecule has 0 aromatic heterocycles. The van der Waals surface area contributed by atoms with Crippen molar-refractivity contribution in [3.8, 4) is 0 Å². The fraction of sp³-hybridized carbons (Fsp3) is 0.760. The molecular weight excluding hydrogens is 359 g/mol. The number of aliphatic hydroxyl groups is 1. The third-order valence-corrected chi connectivity index (χ3v) is 9.85. The van der Waals surface area contributed by atoms with E-state index in [-0.39, 0.29) is 29.8 Å². The van der Waals surface area contributed by atoms with E-state index in [1.807, 2.05) is 0 Å². The average molecular weight is 396 g/mol. The lowest BCUT2D eigenvalue weighted by atomic mass is 9.48. The van der Waals surface area contributed by atoms with Gasteiger partial charge in [-0.3, -0.25) is 0 Å². The number of hydrogen-bond donors (Lipinski definition) is 1. The van der Waals surface area contributed by atoms with E-state index in [4.69, 9.17) is 9.31 Å². The second-order valence-corrected chi connectivity index (χ2v) is 11.8. The van der Waals surface area contributed by atoms with Crippen molar-refractivity contribution in [2.75, 3.05) is 0 Å². The maximum atomic E-state index is 10.7. The van der Waals surface area contributed by atoms with Gasteiger partial charge < -0.3 is 14.4 Å². The molecule has 1 N–H and O–H groups in total. The Morgan fingerprint density at radius 1 is 0.897 bits per heavy atom. The van der Waals surface area contributed by atoms with Gasteiger partial charge in [0.1, 0.15) is 0 Å². The predicted molar refractivity (Wildman–Crippen MR) is 117 cm³/mol. The van der Waals surface area contributed by atoms with Gasteiger partial charge in [-0.05, 0) is 105 Å². The van der Waals surface area contributed by atoms with Gasteiger partial charge in [-0.2, -0.15) is 0 Å². The van der Waals surface area contributed by atoms with Gasteiger partial charge in [0, 0.05) is 0 Å². The summed E-state index contributed by atoms with van der Waals surface area (Å²) in [6, 6.07) is 6.96. The lowest BCUT2D eigenvalue weighted by Crippen LogP contribution is -2.50. The van der Waals surface area contributed by atoms with Crippen LogP contribution in [0.3, 0.4) is 0 Å². The van der Waals surface area contributed by atoms with Crippen molar-refractivity contribution < 1.29 is 14.4 Å². The second-order valence-electron chi connectivity index (χ2n) is 11.8. The fourth-order valence-corrected chi connectivity index (χ4v) is 7.24. The van der Waals surface area contributed by atoms with Crippen molar-refractivity contribution in [1.29, 1.82) is 0 Å². The molecule has 0 unspecified atom stereocenters. The minimum absolute atomic E-state index is 0.113. The third kappa shape index (κ3) is 2.68. The van der Waals surface area contributed by atoms with Crippen molar-refractivity contribution in [1.82, 2.24) is 0 Å². The smallest absolute Gasteiger partial charge is 0.399 e. The average Bonchev–Trinajstić information content (AvgIpc) is 3.07. The van der Waals surface area contributed by atoms with Crippen molar-refractivity contribution in [3.63, 3.8) is 0 Å². The summed E-state index contributed by atoms with van der Waals surface area (Å²) < 4.78 is 12.6. The lowest BCUT2D eigenvalue weighted by molar-refractivity contribution is -0.0666. The number of rotatable bonds is 1. The van der Waals surface area contributed by atoms with Crippen LogP contribution in [0.1, 0.15) is 90.7 Å². The SMILES string of the molecule is CC1(C)OB(c2ccc3c(c2)CC[C@@]2(C)[C@@H]4CC[C@H](O)[C@@]4(C)CC[C@H]32)OC1(C)C. The zero-order valence-electron chi connectivity index (χ0n) is 19.0. The largest absolute Gasteiger partial charge is 0.494 e. The topological polar surface area (TPSA) is 38.7 Å². The molecule has 1 aliphatic heterocycles. The monoisotopic (exact) mass is 396 g/mol. The van der Waals surface area contributed by atoms with Crippen LogP contribution in [0, 0.1) is 16.7 Å². The van der Waals surface area contributed by atoms with E-state index >= 15 is 0 Å². The first-order valence-corrected chi connectivity index (χ1v) is 11.6. The first kappa shape index (κ1) is 20.1. The summed E-state index contributed by atoms with van der Waals surface area (Å²) in [7, 11) is -0.279. The highest BCUT2D eigenvalue weighted by molar-refractivity contribution is 6.62. The van der Waals surface area contributed by atoms with Crippen LogP contribution in [-0.2, 0) is 15.7 Å². The molecule has 1 aromatic carbocycles. The first-order chi connectivity index (χ1) is 13.5. The molecule has 158 valence electrons. The van der Waals surface area contributed by atoms with E-state index in [2.05, 4.69) is 59.7 Å². The molecule has 4 heteroatoms. The Hall–Kier alpha value is -0.835. The van der Waals surface area contributed by atoms with Crippen LogP contribution >= 0.6 is 0 Å². The van der Waals surface area contributed by atoms with Crippen LogP contribution in [0.15, 0.2) is 18.2 Å². The van der Waals surface area contributed by atoms with Crippen LogP contribution in [-0.4, -0.2) is 29.5 Å². The van der Waals surface area contributed by atoms with Crippen LogP contribution in [0.25, 0.3) is 0 Å². The Kier molecular flexibility index (Phi) is 4.23. The number of aliphatic hydroxyl groups excluding tert-OH is 1. The van der Waals surface area contributed by atoms with E-state index in [9.17, 15) is 5.11 Å². The molecule has 1 saturated heterocycles. The summed E-state index contributed by atoms with van der Waals surface area (Å²) in [5.74, 6) is 1.25. The normalized spacial score (nSPS) is 42.3. The van der Waals surface area contributed by atoms with Gasteiger partial charge in [-0.1, -0.05) is 32.0 Å². The van der Waals surface area contributed by atoms with Gasteiger partial charge >= 0.3 is 7.12 Å². The molecule has 0 spiro atoms. The summed E-state index contributed by atoms with van der Waals surface area (Å²) in [4.78, 5) is 0. The van der Waals surface area contributed by atoms with E-state index in [1.54, 1.807) is 5.56 Å². The van der Waals surface area contributed by atoms with Crippen molar-refractivity contribution in [2.24, 2.45) is 16.7 Å². The molecule has 3 aliphatic carbocycles. The molecule has 5 rings (SSSR count). The van der Waals surface area contributed by atoms with E-state index in [0.29, 0.717) is 17.3 Å². The van der Waals surface area contributed by atoms with Gasteiger partial charge in [0.2, 0.25) is 0 Å². The predicted octanol–water partition coefficient (Wildman–Crippen LogP) is 4.59. The summed E-state index contributed by atoms with van der Waals surface area (Å²) in [5, 5.41) is 10.7. The number of aryl methyl sites for hydroxylation is 1. The van der Waals surface area contributed by atoms with Crippen molar-refractivity contribution in [3.05, 3.63) is 29.3 Å². The number of benzene rings is 1. The van der Waals surface area contributed by atoms with Crippen LogP contribution in [0.5, 0.6) is 0 Å². The maximum Gasteiger partial charge on any atom is 0.494 e. The highest BCUT2D eigenvalue weighted by Gasteiger charge is 2.60. The molecule has 2 saturated carbocycles. The van der Waals surface area contributed by atoms with Gasteiger partial charge in [0.05, 0.1) is 17.3 Å². The van der Waals surface area contributed by atoms with Crippen LogP contribution in [0.2, 0.25) is 0 Å². The zero-order valence-corrected chi connectivity index (χ0v) is 19.0. The highest BCUT2D eigenvalue weighted by atomic mass is 16.7. The third-order valence-electron chi connectivity index (χ3n) is 9.85. The molecule has 0 bridgehead atoms. The molecular formula is C25H37BO3. The second kappa shape index (κ2) is 6.11. The zero-order chi connectivity index (χ0) is 20.8. The van der Waals surface area contributed by atoms with Gasteiger partial charge in [0.25, 0.3) is 0 Å². The van der Waals surface area contributed by atoms with Crippen molar-refractivity contribution in [2.45, 2.75) is 103 Å². The molecule has 3 fully saturated rings. The molecule has 4 aliphatic rings. The minimum atomic E-state index is -0.302. The van der Waals surface area contributed by atoms with E-state index in [0.717, 1.165) is 24.7 Å². The summed E-state index contributed by atoms with van der Waals surface area (Å²) >= 11 is 0. The molecule has 5 atom stereocenters. The summed E-state index contributed by atoms with van der Waals surface area (Å²) in [6.07, 6.45) is 6.75. The molecule has 3 nitrogen and oxygen atoms in total. The molecule has 1 aromatic rings. The molecule has 29 heavy (non-hydrogen) atoms. The Balaban J connectivity index is 1.46. The van der Waals surface area contributed by atoms with Crippen molar-refractivity contribution >= 4 is 12.6 Å². The first-order valence-electron chi connectivity index (χ1n) is 11.6. The van der Waals surface area contributed by atoms with E-state index in [1.165, 1.54) is 24.8 Å².